The lowest BCUT2D eigenvalue weighted by atomic mass is 9.84. The first kappa shape index (κ1) is 13.4. The zero-order valence-corrected chi connectivity index (χ0v) is 10.9. The molecule has 0 bridgehead atoms. The average Bonchev–Trinajstić information content (AvgIpc) is 2.95. The van der Waals surface area contributed by atoms with Gasteiger partial charge < -0.3 is 11.1 Å². The van der Waals surface area contributed by atoms with Crippen LogP contribution in [-0.2, 0) is 5.41 Å². The van der Waals surface area contributed by atoms with Crippen LogP contribution < -0.4 is 11.1 Å². The molecule has 0 heterocycles. The minimum atomic E-state index is -0.543. The van der Waals surface area contributed by atoms with E-state index in [-0.39, 0.29) is 11.0 Å². The topological polar surface area (TPSA) is 38.0 Å². The van der Waals surface area contributed by atoms with Gasteiger partial charge in [-0.3, -0.25) is 0 Å². The molecule has 0 spiro atoms. The van der Waals surface area contributed by atoms with Gasteiger partial charge in [0.2, 0.25) is 0 Å². The molecule has 2 rings (SSSR count). The van der Waals surface area contributed by atoms with Crippen LogP contribution in [0.25, 0.3) is 0 Å². The third-order valence-corrected chi connectivity index (χ3v) is 3.60. The number of nitrogens with two attached hydrogens (primary N) is 1. The van der Waals surface area contributed by atoms with E-state index in [9.17, 15) is 8.78 Å². The largest absolute Gasteiger partial charge is 0.324 e. The van der Waals surface area contributed by atoms with Gasteiger partial charge in [-0.2, -0.15) is 0 Å². The lowest BCUT2D eigenvalue weighted by molar-refractivity contribution is 0.428. The molecule has 0 aliphatic heterocycles. The van der Waals surface area contributed by atoms with Crippen molar-refractivity contribution in [3.05, 3.63) is 35.4 Å². The normalized spacial score (nSPS) is 17.8. The maximum absolute atomic E-state index is 13.7. The van der Waals surface area contributed by atoms with Crippen LogP contribution in [0.3, 0.4) is 0 Å². The molecule has 18 heavy (non-hydrogen) atoms. The number of rotatable bonds is 5. The summed E-state index contributed by atoms with van der Waals surface area (Å²) in [4.78, 5) is 0. The molecule has 1 aliphatic rings. The SMILES string of the molecule is CC(C)(CNCC1(N)CC1)c1ccc(F)cc1F. The highest BCUT2D eigenvalue weighted by Gasteiger charge is 2.38. The van der Waals surface area contributed by atoms with Crippen molar-refractivity contribution in [1.82, 2.24) is 5.32 Å². The zero-order chi connectivity index (χ0) is 13.4. The van der Waals surface area contributed by atoms with E-state index in [4.69, 9.17) is 5.73 Å². The van der Waals surface area contributed by atoms with Crippen molar-refractivity contribution in [2.75, 3.05) is 13.1 Å². The summed E-state index contributed by atoms with van der Waals surface area (Å²) in [6, 6.07) is 3.75. The first-order valence-electron chi connectivity index (χ1n) is 6.28. The quantitative estimate of drug-likeness (QED) is 0.846. The third kappa shape index (κ3) is 3.06. The van der Waals surface area contributed by atoms with E-state index in [1.807, 2.05) is 13.8 Å². The summed E-state index contributed by atoms with van der Waals surface area (Å²) in [7, 11) is 0. The van der Waals surface area contributed by atoms with E-state index in [0.717, 1.165) is 25.5 Å². The van der Waals surface area contributed by atoms with Crippen molar-refractivity contribution in [2.45, 2.75) is 37.6 Å². The second-order valence-electron chi connectivity index (χ2n) is 5.97. The molecule has 4 heteroatoms. The molecule has 1 saturated carbocycles. The Labute approximate surface area is 107 Å². The Morgan fingerprint density at radius 3 is 2.56 bits per heavy atom. The fourth-order valence-corrected chi connectivity index (χ4v) is 2.09. The Bertz CT molecular complexity index is 439. The Kier molecular flexibility index (Phi) is 3.43. The molecular formula is C14H20F2N2. The van der Waals surface area contributed by atoms with E-state index in [0.29, 0.717) is 12.1 Å². The number of hydrogen-bond donors (Lipinski definition) is 2. The first-order valence-corrected chi connectivity index (χ1v) is 6.28. The fourth-order valence-electron chi connectivity index (χ4n) is 2.09. The number of benzene rings is 1. The predicted octanol–water partition coefficient (Wildman–Crippen LogP) is 2.32. The van der Waals surface area contributed by atoms with Crippen LogP contribution in [0.1, 0.15) is 32.3 Å². The van der Waals surface area contributed by atoms with Gasteiger partial charge in [0.25, 0.3) is 0 Å². The van der Waals surface area contributed by atoms with Crippen molar-refractivity contribution in [2.24, 2.45) is 5.73 Å². The molecule has 0 unspecified atom stereocenters. The first-order chi connectivity index (χ1) is 8.32. The predicted molar refractivity (Wildman–Crippen MR) is 68.4 cm³/mol. The van der Waals surface area contributed by atoms with Gasteiger partial charge in [0, 0.05) is 30.1 Å². The van der Waals surface area contributed by atoms with Gasteiger partial charge in [0.05, 0.1) is 0 Å². The van der Waals surface area contributed by atoms with E-state index >= 15 is 0 Å². The number of hydrogen-bond acceptors (Lipinski definition) is 2. The second kappa shape index (κ2) is 4.59. The smallest absolute Gasteiger partial charge is 0.129 e. The summed E-state index contributed by atoms with van der Waals surface area (Å²) in [6.45, 7) is 5.24. The number of halogens is 2. The minimum absolute atomic E-state index is 0.0581. The fraction of sp³-hybridized carbons (Fsp3) is 0.571. The second-order valence-corrected chi connectivity index (χ2v) is 5.97. The lowest BCUT2D eigenvalue weighted by Crippen LogP contribution is -2.41. The molecule has 0 aromatic heterocycles. The molecule has 0 atom stereocenters. The summed E-state index contributed by atoms with van der Waals surface area (Å²) in [5, 5.41) is 3.28. The summed E-state index contributed by atoms with van der Waals surface area (Å²) in [5.74, 6) is -1.03. The van der Waals surface area contributed by atoms with Crippen molar-refractivity contribution in [1.29, 1.82) is 0 Å². The molecular weight excluding hydrogens is 234 g/mol. The van der Waals surface area contributed by atoms with Crippen LogP contribution in [0.2, 0.25) is 0 Å². The Hall–Kier alpha value is -1.00. The third-order valence-electron chi connectivity index (χ3n) is 3.60. The molecule has 1 aromatic rings. The van der Waals surface area contributed by atoms with E-state index in [1.165, 1.54) is 12.1 Å². The van der Waals surface area contributed by atoms with E-state index < -0.39 is 11.6 Å². The van der Waals surface area contributed by atoms with Gasteiger partial charge in [0.1, 0.15) is 11.6 Å². The van der Waals surface area contributed by atoms with Gasteiger partial charge in [-0.05, 0) is 24.5 Å². The van der Waals surface area contributed by atoms with Gasteiger partial charge in [-0.1, -0.05) is 19.9 Å². The van der Waals surface area contributed by atoms with Crippen LogP contribution in [0.4, 0.5) is 8.78 Å². The van der Waals surface area contributed by atoms with Crippen molar-refractivity contribution in [3.8, 4) is 0 Å². The number of nitrogens with one attached hydrogen (secondary N) is 1. The van der Waals surface area contributed by atoms with Crippen molar-refractivity contribution >= 4 is 0 Å². The van der Waals surface area contributed by atoms with Crippen LogP contribution >= 0.6 is 0 Å². The highest BCUT2D eigenvalue weighted by Crippen LogP contribution is 2.31. The van der Waals surface area contributed by atoms with Crippen molar-refractivity contribution < 1.29 is 8.78 Å². The van der Waals surface area contributed by atoms with Crippen LogP contribution in [0.5, 0.6) is 0 Å². The van der Waals surface area contributed by atoms with Gasteiger partial charge >= 0.3 is 0 Å². The maximum atomic E-state index is 13.7. The monoisotopic (exact) mass is 254 g/mol. The Morgan fingerprint density at radius 1 is 1.33 bits per heavy atom. The van der Waals surface area contributed by atoms with Crippen LogP contribution in [-0.4, -0.2) is 18.6 Å². The lowest BCUT2D eigenvalue weighted by Gasteiger charge is -2.27. The van der Waals surface area contributed by atoms with Crippen LogP contribution in [0.15, 0.2) is 18.2 Å². The van der Waals surface area contributed by atoms with Crippen LogP contribution in [0, 0.1) is 11.6 Å². The average molecular weight is 254 g/mol. The molecule has 3 N–H and O–H groups in total. The summed E-state index contributed by atoms with van der Waals surface area (Å²) in [5.41, 5.74) is 6.06. The zero-order valence-electron chi connectivity index (χ0n) is 10.9. The van der Waals surface area contributed by atoms with E-state index in [1.54, 1.807) is 0 Å². The summed E-state index contributed by atoms with van der Waals surface area (Å²) < 4.78 is 26.6. The standard InChI is InChI=1S/C14H20F2N2/c1-13(2,8-18-9-14(17)5-6-14)11-4-3-10(15)7-12(11)16/h3-4,7,18H,5-6,8-9,17H2,1-2H3. The van der Waals surface area contributed by atoms with Gasteiger partial charge in [0.15, 0.2) is 0 Å². The molecule has 0 radical (unpaired) electrons. The highest BCUT2D eigenvalue weighted by atomic mass is 19.1. The summed E-state index contributed by atoms with van der Waals surface area (Å²) >= 11 is 0. The highest BCUT2D eigenvalue weighted by molar-refractivity contribution is 5.26. The molecule has 0 amide bonds. The van der Waals surface area contributed by atoms with Crippen molar-refractivity contribution in [3.63, 3.8) is 0 Å². The van der Waals surface area contributed by atoms with Gasteiger partial charge in [-0.25, -0.2) is 8.78 Å². The molecule has 1 fully saturated rings. The molecule has 1 aliphatic carbocycles. The Morgan fingerprint density at radius 2 is 2.00 bits per heavy atom. The maximum Gasteiger partial charge on any atom is 0.129 e. The van der Waals surface area contributed by atoms with Gasteiger partial charge in [-0.15, -0.1) is 0 Å². The minimum Gasteiger partial charge on any atom is -0.324 e. The molecule has 2 nitrogen and oxygen atoms in total. The molecule has 100 valence electrons. The molecule has 1 aromatic carbocycles. The Balaban J connectivity index is 2.00. The molecule has 0 saturated heterocycles. The summed E-state index contributed by atoms with van der Waals surface area (Å²) in [6.07, 6.45) is 2.09. The van der Waals surface area contributed by atoms with E-state index in [2.05, 4.69) is 5.32 Å².